The lowest BCUT2D eigenvalue weighted by atomic mass is 10.2. The van der Waals surface area contributed by atoms with Crippen molar-refractivity contribution in [1.82, 2.24) is 10.4 Å². The fourth-order valence-electron chi connectivity index (χ4n) is 0.995. The molecule has 1 amide bonds. The van der Waals surface area contributed by atoms with E-state index in [9.17, 15) is 10.0 Å². The number of nitrogens with one attached hydrogen (secondary N) is 1. The predicted molar refractivity (Wildman–Crippen MR) is 56.7 cm³/mol. The number of amides is 1. The molecular formula is C10H15N2O3-. The quantitative estimate of drug-likeness (QED) is 0.717. The lowest BCUT2D eigenvalue weighted by Crippen LogP contribution is -2.32. The average Bonchev–Trinajstić information content (AvgIpc) is 2.05. The number of hydrogen-bond donors (Lipinski definition) is 1. The molecule has 0 atom stereocenters. The third kappa shape index (κ3) is 4.51. The van der Waals surface area contributed by atoms with Crippen molar-refractivity contribution in [2.45, 2.75) is 26.4 Å². The van der Waals surface area contributed by atoms with Gasteiger partial charge in [-0.1, -0.05) is 0 Å². The lowest BCUT2D eigenvalue weighted by Gasteiger charge is -2.28. The summed E-state index contributed by atoms with van der Waals surface area (Å²) in [6.07, 6.45) is 3.99. The Kier molecular flexibility index (Phi) is 3.36. The first-order valence-corrected chi connectivity index (χ1v) is 4.69. The van der Waals surface area contributed by atoms with E-state index in [0.717, 1.165) is 5.06 Å². The van der Waals surface area contributed by atoms with Crippen molar-refractivity contribution >= 4 is 6.09 Å². The summed E-state index contributed by atoms with van der Waals surface area (Å²) in [7, 11) is 0. The van der Waals surface area contributed by atoms with Gasteiger partial charge in [-0.25, -0.2) is 4.79 Å². The van der Waals surface area contributed by atoms with Crippen LogP contribution in [-0.2, 0) is 4.74 Å². The molecule has 5 heteroatoms. The van der Waals surface area contributed by atoms with E-state index >= 15 is 0 Å². The van der Waals surface area contributed by atoms with Gasteiger partial charge in [0, 0.05) is 12.2 Å². The van der Waals surface area contributed by atoms with Gasteiger partial charge in [-0.2, -0.15) is 0 Å². The van der Waals surface area contributed by atoms with Crippen molar-refractivity contribution < 1.29 is 9.53 Å². The van der Waals surface area contributed by atoms with Crippen LogP contribution < -0.4 is 5.32 Å². The molecule has 5 nitrogen and oxygen atoms in total. The molecule has 0 unspecified atom stereocenters. The molecule has 0 radical (unpaired) electrons. The van der Waals surface area contributed by atoms with Crippen LogP contribution >= 0.6 is 0 Å². The Morgan fingerprint density at radius 3 is 2.73 bits per heavy atom. The second-order valence-corrected chi connectivity index (χ2v) is 4.20. The van der Waals surface area contributed by atoms with Crippen molar-refractivity contribution in [3.05, 3.63) is 29.3 Å². The summed E-state index contributed by atoms with van der Waals surface area (Å²) in [5, 5.41) is 14.1. The van der Waals surface area contributed by atoms with Gasteiger partial charge >= 0.3 is 6.09 Å². The van der Waals surface area contributed by atoms with Crippen LogP contribution in [0.4, 0.5) is 4.79 Å². The number of hydrogen-bond acceptors (Lipinski definition) is 4. The predicted octanol–water partition coefficient (Wildman–Crippen LogP) is 1.72. The van der Waals surface area contributed by atoms with E-state index < -0.39 is 11.7 Å². The number of rotatable bonds is 1. The minimum atomic E-state index is -0.520. The molecule has 1 rings (SSSR count). The lowest BCUT2D eigenvalue weighted by molar-refractivity contribution is 0.0547. The molecule has 1 aliphatic rings. The van der Waals surface area contributed by atoms with Gasteiger partial charge in [0.25, 0.3) is 0 Å². The number of carbonyl (C=O) groups is 1. The van der Waals surface area contributed by atoms with Gasteiger partial charge < -0.3 is 15.0 Å². The highest BCUT2D eigenvalue weighted by atomic mass is 16.6. The smallest absolute Gasteiger partial charge is 0.412 e. The van der Waals surface area contributed by atoms with Gasteiger partial charge in [0.05, 0.1) is 0 Å². The van der Waals surface area contributed by atoms with E-state index in [1.807, 2.05) is 0 Å². The second kappa shape index (κ2) is 4.35. The molecule has 1 N–H and O–H groups in total. The van der Waals surface area contributed by atoms with E-state index in [1.54, 1.807) is 26.8 Å². The molecule has 0 fully saturated rings. The fraction of sp³-hybridized carbons (Fsp3) is 0.500. The van der Waals surface area contributed by atoms with Gasteiger partial charge in [-0.15, -0.1) is 0 Å². The van der Waals surface area contributed by atoms with Crippen molar-refractivity contribution in [3.8, 4) is 0 Å². The van der Waals surface area contributed by atoms with Crippen molar-refractivity contribution in [1.29, 1.82) is 0 Å². The minimum absolute atomic E-state index is 0.238. The maximum absolute atomic E-state index is 11.3. The summed E-state index contributed by atoms with van der Waals surface area (Å²) >= 11 is 0. The molecule has 0 spiro atoms. The summed E-state index contributed by atoms with van der Waals surface area (Å²) in [4.78, 5) is 11.3. The first-order valence-electron chi connectivity index (χ1n) is 4.69. The molecular weight excluding hydrogens is 196 g/mol. The van der Waals surface area contributed by atoms with Crippen molar-refractivity contribution in [2.75, 3.05) is 6.54 Å². The Hall–Kier alpha value is -1.49. The molecule has 0 aromatic heterocycles. The average molecular weight is 211 g/mol. The highest BCUT2D eigenvalue weighted by Gasteiger charge is 2.16. The largest absolute Gasteiger partial charge is 0.758 e. The SMILES string of the molecule is CC(C)(C)OC(=O)NC1=CCN([O-])C=C1. The van der Waals surface area contributed by atoms with Gasteiger partial charge in [0.1, 0.15) is 5.60 Å². The molecule has 0 aromatic carbocycles. The second-order valence-electron chi connectivity index (χ2n) is 4.20. The van der Waals surface area contributed by atoms with Crippen molar-refractivity contribution in [2.24, 2.45) is 0 Å². The van der Waals surface area contributed by atoms with Gasteiger partial charge in [-0.05, 0) is 39.1 Å². The van der Waals surface area contributed by atoms with Crippen LogP contribution in [0.5, 0.6) is 0 Å². The third-order valence-corrected chi connectivity index (χ3v) is 1.56. The summed E-state index contributed by atoms with van der Waals surface area (Å²) in [5.41, 5.74) is 0.0597. The topological polar surface area (TPSA) is 64.6 Å². The van der Waals surface area contributed by atoms with Crippen LogP contribution in [0.15, 0.2) is 24.0 Å². The maximum Gasteiger partial charge on any atom is 0.412 e. The highest BCUT2D eigenvalue weighted by Crippen LogP contribution is 2.08. The third-order valence-electron chi connectivity index (χ3n) is 1.56. The van der Waals surface area contributed by atoms with E-state index in [1.165, 1.54) is 12.3 Å². The summed E-state index contributed by atoms with van der Waals surface area (Å²) in [6.45, 7) is 5.60. The molecule has 84 valence electrons. The Morgan fingerprint density at radius 2 is 2.27 bits per heavy atom. The summed E-state index contributed by atoms with van der Waals surface area (Å²) < 4.78 is 5.05. The van der Waals surface area contributed by atoms with E-state index in [2.05, 4.69) is 5.32 Å². The van der Waals surface area contributed by atoms with Crippen molar-refractivity contribution in [3.63, 3.8) is 0 Å². The molecule has 0 bridgehead atoms. The molecule has 0 saturated carbocycles. The van der Waals surface area contributed by atoms with Crippen LogP contribution in [0.1, 0.15) is 20.8 Å². The number of allylic oxidation sites excluding steroid dienone is 1. The van der Waals surface area contributed by atoms with Gasteiger partial charge in [0.2, 0.25) is 0 Å². The molecule has 15 heavy (non-hydrogen) atoms. The maximum atomic E-state index is 11.3. The zero-order valence-corrected chi connectivity index (χ0v) is 9.11. The molecule has 1 aliphatic heterocycles. The van der Waals surface area contributed by atoms with Crippen LogP contribution in [0, 0.1) is 5.21 Å². The highest BCUT2D eigenvalue weighted by molar-refractivity contribution is 5.70. The minimum Gasteiger partial charge on any atom is -0.758 e. The van der Waals surface area contributed by atoms with E-state index in [4.69, 9.17) is 4.74 Å². The summed E-state index contributed by atoms with van der Waals surface area (Å²) in [5.74, 6) is 0. The number of alkyl carbamates (subject to hydrolysis) is 1. The monoisotopic (exact) mass is 211 g/mol. The molecule has 0 aliphatic carbocycles. The van der Waals surface area contributed by atoms with Crippen LogP contribution in [-0.4, -0.2) is 23.3 Å². The van der Waals surface area contributed by atoms with E-state index in [0.29, 0.717) is 5.70 Å². The fourth-order valence-corrected chi connectivity index (χ4v) is 0.995. The van der Waals surface area contributed by atoms with Crippen LogP contribution in [0.3, 0.4) is 0 Å². The Morgan fingerprint density at radius 1 is 1.60 bits per heavy atom. The van der Waals surface area contributed by atoms with Crippen LogP contribution in [0.2, 0.25) is 0 Å². The molecule has 0 aromatic rings. The zero-order valence-electron chi connectivity index (χ0n) is 9.11. The Balaban J connectivity index is 2.43. The molecule has 0 saturated heterocycles. The first kappa shape index (κ1) is 11.6. The number of carbonyl (C=O) groups excluding carboxylic acids is 1. The Bertz CT molecular complexity index is 302. The standard InChI is InChI=1S/C10H15N2O3/c1-10(2,3)15-9(13)11-8-4-6-12(14)7-5-8/h4-6H,7H2,1-3H3,(H,11,13)/q-1. The number of ether oxygens (including phenoxy) is 1. The Labute approximate surface area is 89.0 Å². The van der Waals surface area contributed by atoms with Gasteiger partial charge in [-0.3, -0.25) is 5.32 Å². The van der Waals surface area contributed by atoms with E-state index in [-0.39, 0.29) is 6.54 Å². The first-order chi connectivity index (χ1) is 6.87. The molecule has 1 heterocycles. The normalized spacial score (nSPS) is 16.0. The zero-order chi connectivity index (χ0) is 11.5. The van der Waals surface area contributed by atoms with Gasteiger partial charge in [0.15, 0.2) is 0 Å². The summed E-state index contributed by atoms with van der Waals surface area (Å²) in [6, 6.07) is 0. The number of nitrogens with zero attached hydrogens (tertiary/aromatic N) is 1. The van der Waals surface area contributed by atoms with Crippen LogP contribution in [0.25, 0.3) is 0 Å². The number of hydroxylamine groups is 2.